The summed E-state index contributed by atoms with van der Waals surface area (Å²) in [6.45, 7) is 8.59. The molecule has 0 aromatic heterocycles. The molecule has 0 saturated heterocycles. The molecule has 0 amide bonds. The highest BCUT2D eigenvalue weighted by atomic mass is 32.2. The van der Waals surface area contributed by atoms with E-state index < -0.39 is 0 Å². The molecule has 1 nitrogen and oxygen atoms in total. The van der Waals surface area contributed by atoms with Crippen LogP contribution in [-0.2, 0) is 0 Å². The Morgan fingerprint density at radius 1 is 1.40 bits per heavy atom. The topological polar surface area (TPSA) is 26.0 Å². The molecule has 0 fully saturated rings. The molecule has 0 aromatic rings. The van der Waals surface area contributed by atoms with E-state index >= 15 is 0 Å². The second-order valence-electron chi connectivity index (χ2n) is 3.66. The van der Waals surface area contributed by atoms with Crippen molar-refractivity contribution in [3.8, 4) is 0 Å². The van der Waals surface area contributed by atoms with Gasteiger partial charge in [-0.1, -0.05) is 13.8 Å². The fourth-order valence-corrected chi connectivity index (χ4v) is 1.67. The summed E-state index contributed by atoms with van der Waals surface area (Å²) in [7, 11) is 0. The third-order valence-electron chi connectivity index (χ3n) is 1.20. The Labute approximate surface area is 68.8 Å². The molecule has 0 aliphatic heterocycles. The van der Waals surface area contributed by atoms with Gasteiger partial charge in [0.25, 0.3) is 0 Å². The zero-order valence-corrected chi connectivity index (χ0v) is 8.29. The Kier molecular flexibility index (Phi) is 4.37. The summed E-state index contributed by atoms with van der Waals surface area (Å²) in [5.41, 5.74) is 5.82. The zero-order valence-electron chi connectivity index (χ0n) is 7.48. The Morgan fingerprint density at radius 2 is 1.90 bits per heavy atom. The Morgan fingerprint density at radius 3 is 2.20 bits per heavy atom. The van der Waals surface area contributed by atoms with E-state index in [0.717, 1.165) is 11.7 Å². The quantitative estimate of drug-likeness (QED) is 0.684. The molecule has 0 aromatic carbocycles. The van der Waals surface area contributed by atoms with Crippen LogP contribution in [0.1, 0.15) is 34.1 Å². The van der Waals surface area contributed by atoms with Crippen molar-refractivity contribution in [2.75, 3.05) is 5.75 Å². The highest BCUT2D eigenvalue weighted by molar-refractivity contribution is 7.99. The number of thioether (sulfide) groups is 1. The van der Waals surface area contributed by atoms with E-state index in [1.165, 1.54) is 5.75 Å². The predicted octanol–water partition coefficient (Wildman–Crippen LogP) is 2.26. The van der Waals surface area contributed by atoms with Gasteiger partial charge in [0.05, 0.1) is 0 Å². The summed E-state index contributed by atoms with van der Waals surface area (Å²) in [6, 6.07) is 0. The van der Waals surface area contributed by atoms with Crippen LogP contribution in [0.3, 0.4) is 0 Å². The van der Waals surface area contributed by atoms with Gasteiger partial charge in [0, 0.05) is 5.54 Å². The standard InChI is InChI=1S/C8H19NS/c1-7(2)10-6-5-8(3,4)9/h7H,5-6,9H2,1-4H3. The molecule has 0 rings (SSSR count). The smallest absolute Gasteiger partial charge is 0.0105 e. The number of hydrogen-bond donors (Lipinski definition) is 1. The average Bonchev–Trinajstić information content (AvgIpc) is 1.59. The first-order valence-electron chi connectivity index (χ1n) is 3.82. The average molecular weight is 161 g/mol. The van der Waals surface area contributed by atoms with Crippen molar-refractivity contribution in [1.82, 2.24) is 0 Å². The van der Waals surface area contributed by atoms with Gasteiger partial charge in [-0.2, -0.15) is 11.8 Å². The maximum atomic E-state index is 5.81. The lowest BCUT2D eigenvalue weighted by Crippen LogP contribution is -2.32. The lowest BCUT2D eigenvalue weighted by Gasteiger charge is -2.18. The molecule has 62 valence electrons. The second-order valence-corrected chi connectivity index (χ2v) is 5.34. The van der Waals surface area contributed by atoms with Gasteiger partial charge >= 0.3 is 0 Å². The molecule has 0 saturated carbocycles. The molecule has 0 unspecified atom stereocenters. The van der Waals surface area contributed by atoms with Gasteiger partial charge in [-0.25, -0.2) is 0 Å². The second kappa shape index (κ2) is 4.24. The minimum absolute atomic E-state index is 0.0158. The SMILES string of the molecule is CC(C)SCCC(C)(C)N. The van der Waals surface area contributed by atoms with Crippen LogP contribution in [0.4, 0.5) is 0 Å². The normalized spacial score (nSPS) is 12.6. The van der Waals surface area contributed by atoms with Gasteiger partial charge in [0.1, 0.15) is 0 Å². The van der Waals surface area contributed by atoms with Crippen molar-refractivity contribution in [1.29, 1.82) is 0 Å². The van der Waals surface area contributed by atoms with Crippen molar-refractivity contribution in [3.63, 3.8) is 0 Å². The zero-order chi connectivity index (χ0) is 8.20. The molecule has 2 N–H and O–H groups in total. The molecule has 10 heavy (non-hydrogen) atoms. The monoisotopic (exact) mass is 161 g/mol. The van der Waals surface area contributed by atoms with Gasteiger partial charge in [0.2, 0.25) is 0 Å². The molecule has 0 spiro atoms. The molecular weight excluding hydrogens is 142 g/mol. The highest BCUT2D eigenvalue weighted by Crippen LogP contribution is 2.14. The molecule has 0 atom stereocenters. The number of rotatable bonds is 4. The lowest BCUT2D eigenvalue weighted by atomic mass is 10.0. The maximum Gasteiger partial charge on any atom is 0.0105 e. The summed E-state index contributed by atoms with van der Waals surface area (Å²) < 4.78 is 0. The van der Waals surface area contributed by atoms with E-state index in [2.05, 4.69) is 27.7 Å². The third kappa shape index (κ3) is 8.31. The van der Waals surface area contributed by atoms with E-state index in [-0.39, 0.29) is 5.54 Å². The summed E-state index contributed by atoms with van der Waals surface area (Å²) in [5.74, 6) is 1.18. The number of nitrogens with two attached hydrogens (primary N) is 1. The van der Waals surface area contributed by atoms with Crippen molar-refractivity contribution >= 4 is 11.8 Å². The maximum absolute atomic E-state index is 5.81. The van der Waals surface area contributed by atoms with Crippen LogP contribution in [-0.4, -0.2) is 16.5 Å². The molecular formula is C8H19NS. The molecule has 0 heterocycles. The van der Waals surface area contributed by atoms with Gasteiger partial charge in [-0.15, -0.1) is 0 Å². The van der Waals surface area contributed by atoms with Gasteiger partial charge < -0.3 is 5.73 Å². The Balaban J connectivity index is 3.21. The van der Waals surface area contributed by atoms with E-state index in [4.69, 9.17) is 5.73 Å². The fraction of sp³-hybridized carbons (Fsp3) is 1.00. The fourth-order valence-electron chi connectivity index (χ4n) is 0.558. The third-order valence-corrected chi connectivity index (χ3v) is 2.30. The Hall–Kier alpha value is 0.310. The van der Waals surface area contributed by atoms with Crippen LogP contribution in [0, 0.1) is 0 Å². The van der Waals surface area contributed by atoms with E-state index in [1.807, 2.05) is 11.8 Å². The molecule has 0 bridgehead atoms. The summed E-state index contributed by atoms with van der Waals surface area (Å²) in [4.78, 5) is 0. The summed E-state index contributed by atoms with van der Waals surface area (Å²) in [6.07, 6.45) is 1.11. The highest BCUT2D eigenvalue weighted by Gasteiger charge is 2.09. The minimum atomic E-state index is 0.0158. The van der Waals surface area contributed by atoms with Crippen LogP contribution in [0.25, 0.3) is 0 Å². The first kappa shape index (κ1) is 10.3. The van der Waals surface area contributed by atoms with Gasteiger partial charge in [-0.05, 0) is 31.3 Å². The van der Waals surface area contributed by atoms with Crippen LogP contribution >= 0.6 is 11.8 Å². The van der Waals surface area contributed by atoms with Crippen molar-refractivity contribution in [2.45, 2.75) is 44.9 Å². The minimum Gasteiger partial charge on any atom is -0.326 e. The van der Waals surface area contributed by atoms with Crippen molar-refractivity contribution in [3.05, 3.63) is 0 Å². The van der Waals surface area contributed by atoms with Crippen LogP contribution in [0.2, 0.25) is 0 Å². The van der Waals surface area contributed by atoms with Gasteiger partial charge in [-0.3, -0.25) is 0 Å². The molecule has 0 aliphatic carbocycles. The summed E-state index contributed by atoms with van der Waals surface area (Å²) in [5, 5.41) is 0.738. The predicted molar refractivity (Wildman–Crippen MR) is 50.5 cm³/mol. The van der Waals surface area contributed by atoms with Crippen LogP contribution < -0.4 is 5.73 Å². The van der Waals surface area contributed by atoms with E-state index in [9.17, 15) is 0 Å². The van der Waals surface area contributed by atoms with Gasteiger partial charge in [0.15, 0.2) is 0 Å². The van der Waals surface area contributed by atoms with Crippen LogP contribution in [0.5, 0.6) is 0 Å². The van der Waals surface area contributed by atoms with E-state index in [0.29, 0.717) is 0 Å². The summed E-state index contributed by atoms with van der Waals surface area (Å²) >= 11 is 1.98. The van der Waals surface area contributed by atoms with Crippen molar-refractivity contribution < 1.29 is 0 Å². The molecule has 2 heteroatoms. The van der Waals surface area contributed by atoms with Crippen molar-refractivity contribution in [2.24, 2.45) is 5.73 Å². The first-order valence-corrected chi connectivity index (χ1v) is 4.87. The van der Waals surface area contributed by atoms with E-state index in [1.54, 1.807) is 0 Å². The van der Waals surface area contributed by atoms with Crippen LogP contribution in [0.15, 0.2) is 0 Å². The molecule has 0 radical (unpaired) electrons. The lowest BCUT2D eigenvalue weighted by molar-refractivity contribution is 0.505. The largest absolute Gasteiger partial charge is 0.326 e. The Bertz CT molecular complexity index is 83.7. The first-order chi connectivity index (χ1) is 4.42. The molecule has 0 aliphatic rings. The number of hydrogen-bond acceptors (Lipinski definition) is 2.